The predicted octanol–water partition coefficient (Wildman–Crippen LogP) is 3.20. The summed E-state index contributed by atoms with van der Waals surface area (Å²) in [6, 6.07) is 1.53. The molecule has 1 aromatic carbocycles. The Morgan fingerprint density at radius 1 is 1.38 bits per heavy atom. The highest BCUT2D eigenvalue weighted by Crippen LogP contribution is 2.36. The second-order valence-electron chi connectivity index (χ2n) is 2.90. The molecular weight excluding hydrogens is 279 g/mol. The number of carbonyl (C=O) groups excluding carboxylic acids is 1. The summed E-state index contributed by atoms with van der Waals surface area (Å²) in [6.45, 7) is 4.22. The summed E-state index contributed by atoms with van der Waals surface area (Å²) >= 11 is 3.11. The highest BCUT2D eigenvalue weighted by atomic mass is 79.9. The third-order valence-corrected chi connectivity index (χ3v) is 2.54. The lowest BCUT2D eigenvalue weighted by molar-refractivity contribution is 0.111. The van der Waals surface area contributed by atoms with E-state index in [9.17, 15) is 9.18 Å². The Morgan fingerprint density at radius 3 is 2.50 bits per heavy atom. The normalized spacial score (nSPS) is 10.0. The van der Waals surface area contributed by atoms with Gasteiger partial charge in [0, 0.05) is 4.47 Å². The van der Waals surface area contributed by atoms with E-state index in [0.717, 1.165) is 0 Å². The van der Waals surface area contributed by atoms with Crippen molar-refractivity contribution in [1.82, 2.24) is 0 Å². The number of ether oxygens (including phenoxy) is 2. The molecule has 0 aliphatic carbocycles. The average Bonchev–Trinajstić information content (AvgIpc) is 2.24. The molecule has 0 fully saturated rings. The molecule has 3 nitrogen and oxygen atoms in total. The summed E-state index contributed by atoms with van der Waals surface area (Å²) in [6.07, 6.45) is 0.442. The van der Waals surface area contributed by atoms with Crippen LogP contribution in [0, 0.1) is 5.82 Å². The van der Waals surface area contributed by atoms with Gasteiger partial charge in [0.1, 0.15) is 0 Å². The average molecular weight is 291 g/mol. The fourth-order valence-corrected chi connectivity index (χ4v) is 1.72. The fraction of sp³-hybridized carbons (Fsp3) is 0.364. The molecule has 0 N–H and O–H groups in total. The van der Waals surface area contributed by atoms with Crippen LogP contribution in [0.1, 0.15) is 24.2 Å². The molecule has 0 amide bonds. The number of carbonyl (C=O) groups is 1. The molecule has 0 spiro atoms. The molecule has 0 aliphatic rings. The van der Waals surface area contributed by atoms with Crippen molar-refractivity contribution in [2.45, 2.75) is 13.8 Å². The Hall–Kier alpha value is -1.10. The molecule has 0 radical (unpaired) electrons. The van der Waals surface area contributed by atoms with Crippen molar-refractivity contribution in [3.05, 3.63) is 21.9 Å². The van der Waals surface area contributed by atoms with Gasteiger partial charge in [-0.1, -0.05) is 0 Å². The lowest BCUT2D eigenvalue weighted by Gasteiger charge is -2.13. The van der Waals surface area contributed by atoms with Crippen molar-refractivity contribution < 1.29 is 18.7 Å². The lowest BCUT2D eigenvalue weighted by Crippen LogP contribution is -2.03. The first-order chi connectivity index (χ1) is 7.65. The van der Waals surface area contributed by atoms with Crippen molar-refractivity contribution in [2.75, 3.05) is 13.2 Å². The zero-order chi connectivity index (χ0) is 12.1. The minimum atomic E-state index is -0.699. The van der Waals surface area contributed by atoms with Crippen LogP contribution in [0.4, 0.5) is 4.39 Å². The van der Waals surface area contributed by atoms with Crippen LogP contribution >= 0.6 is 15.9 Å². The van der Waals surface area contributed by atoms with Gasteiger partial charge in [0.25, 0.3) is 0 Å². The number of hydrogen-bond acceptors (Lipinski definition) is 3. The van der Waals surface area contributed by atoms with Crippen LogP contribution in [0.25, 0.3) is 0 Å². The minimum absolute atomic E-state index is 0.0188. The highest BCUT2D eigenvalue weighted by Gasteiger charge is 2.18. The molecule has 0 aromatic heterocycles. The Kier molecular flexibility index (Phi) is 4.73. The maximum atomic E-state index is 13.8. The molecule has 88 valence electrons. The monoisotopic (exact) mass is 290 g/mol. The number of benzene rings is 1. The predicted molar refractivity (Wildman–Crippen MR) is 61.8 cm³/mol. The highest BCUT2D eigenvalue weighted by molar-refractivity contribution is 9.10. The maximum absolute atomic E-state index is 13.8. The van der Waals surface area contributed by atoms with Crippen LogP contribution in [0.15, 0.2) is 10.5 Å². The Bertz CT molecular complexity index is 393. The molecule has 1 rings (SSSR count). The number of rotatable bonds is 5. The van der Waals surface area contributed by atoms with Gasteiger partial charge >= 0.3 is 0 Å². The summed E-state index contributed by atoms with van der Waals surface area (Å²) < 4.78 is 24.6. The largest absolute Gasteiger partial charge is 0.490 e. The summed E-state index contributed by atoms with van der Waals surface area (Å²) in [5, 5.41) is 0. The third kappa shape index (κ3) is 2.52. The Labute approximate surface area is 102 Å². The van der Waals surface area contributed by atoms with Crippen molar-refractivity contribution in [2.24, 2.45) is 0 Å². The Balaban J connectivity index is 3.33. The summed E-state index contributed by atoms with van der Waals surface area (Å²) in [4.78, 5) is 10.7. The molecule has 5 heteroatoms. The second kappa shape index (κ2) is 5.84. The van der Waals surface area contributed by atoms with Crippen LogP contribution in [-0.2, 0) is 0 Å². The topological polar surface area (TPSA) is 35.5 Å². The van der Waals surface area contributed by atoms with Crippen LogP contribution < -0.4 is 9.47 Å². The van der Waals surface area contributed by atoms with E-state index < -0.39 is 5.82 Å². The van der Waals surface area contributed by atoms with Gasteiger partial charge in [-0.25, -0.2) is 4.39 Å². The molecule has 16 heavy (non-hydrogen) atoms. The van der Waals surface area contributed by atoms with E-state index in [1.54, 1.807) is 13.8 Å². The smallest absolute Gasteiger partial charge is 0.197 e. The molecule has 0 bridgehead atoms. The van der Waals surface area contributed by atoms with Gasteiger partial charge in [-0.05, 0) is 35.8 Å². The van der Waals surface area contributed by atoms with Crippen LogP contribution in [0.2, 0.25) is 0 Å². The first-order valence-corrected chi connectivity index (χ1v) is 5.67. The number of aldehydes is 1. The van der Waals surface area contributed by atoms with E-state index in [4.69, 9.17) is 9.47 Å². The van der Waals surface area contributed by atoms with Crippen LogP contribution in [0.5, 0.6) is 11.5 Å². The van der Waals surface area contributed by atoms with Crippen LogP contribution in [0.3, 0.4) is 0 Å². The number of halogens is 2. The van der Waals surface area contributed by atoms with E-state index in [0.29, 0.717) is 29.7 Å². The van der Waals surface area contributed by atoms with E-state index in [1.807, 2.05) is 0 Å². The lowest BCUT2D eigenvalue weighted by atomic mass is 10.2. The molecule has 0 saturated carbocycles. The second-order valence-corrected chi connectivity index (χ2v) is 3.75. The first-order valence-electron chi connectivity index (χ1n) is 4.88. The van der Waals surface area contributed by atoms with Gasteiger partial charge in [-0.15, -0.1) is 0 Å². The first kappa shape index (κ1) is 13.0. The summed E-state index contributed by atoms with van der Waals surface area (Å²) in [5.74, 6) is -0.427. The standard InChI is InChI=1S/C11H12BrFO3/c1-3-15-9-5-8(12)7(6-14)10(13)11(9)16-4-2/h5-6H,3-4H2,1-2H3. The van der Waals surface area contributed by atoms with Gasteiger partial charge in [0.2, 0.25) is 0 Å². The summed E-state index contributed by atoms with van der Waals surface area (Å²) in [5.41, 5.74) is -0.0631. The van der Waals surface area contributed by atoms with Crippen molar-refractivity contribution in [3.8, 4) is 11.5 Å². The molecular formula is C11H12BrFO3. The zero-order valence-corrected chi connectivity index (χ0v) is 10.6. The zero-order valence-electron chi connectivity index (χ0n) is 9.05. The van der Waals surface area contributed by atoms with Gasteiger partial charge < -0.3 is 9.47 Å². The van der Waals surface area contributed by atoms with Crippen LogP contribution in [-0.4, -0.2) is 19.5 Å². The van der Waals surface area contributed by atoms with Gasteiger partial charge in [-0.3, -0.25) is 4.79 Å². The maximum Gasteiger partial charge on any atom is 0.197 e. The van der Waals surface area contributed by atoms with Gasteiger partial charge in [0.15, 0.2) is 23.6 Å². The van der Waals surface area contributed by atoms with E-state index in [1.165, 1.54) is 6.07 Å². The quantitative estimate of drug-likeness (QED) is 0.781. The molecule has 0 atom stereocenters. The molecule has 1 aromatic rings. The van der Waals surface area contributed by atoms with Crippen molar-refractivity contribution >= 4 is 22.2 Å². The van der Waals surface area contributed by atoms with E-state index >= 15 is 0 Å². The molecule has 0 heterocycles. The van der Waals surface area contributed by atoms with Crippen molar-refractivity contribution in [3.63, 3.8) is 0 Å². The van der Waals surface area contributed by atoms with E-state index in [-0.39, 0.29) is 11.3 Å². The number of hydrogen-bond donors (Lipinski definition) is 0. The van der Waals surface area contributed by atoms with Gasteiger partial charge in [-0.2, -0.15) is 0 Å². The summed E-state index contributed by atoms with van der Waals surface area (Å²) in [7, 11) is 0. The molecule has 0 aliphatic heterocycles. The van der Waals surface area contributed by atoms with Gasteiger partial charge in [0.05, 0.1) is 18.8 Å². The third-order valence-electron chi connectivity index (χ3n) is 1.88. The molecule has 0 saturated heterocycles. The van der Waals surface area contributed by atoms with E-state index in [2.05, 4.69) is 15.9 Å². The minimum Gasteiger partial charge on any atom is -0.490 e. The SMILES string of the molecule is CCOc1cc(Br)c(C=O)c(F)c1OCC. The fourth-order valence-electron chi connectivity index (χ4n) is 1.24. The Morgan fingerprint density at radius 2 is 2.00 bits per heavy atom. The molecule has 0 unspecified atom stereocenters. The van der Waals surface area contributed by atoms with Crippen molar-refractivity contribution in [1.29, 1.82) is 0 Å².